The van der Waals surface area contributed by atoms with Crippen LogP contribution in [0.1, 0.15) is 39.2 Å². The fourth-order valence-electron chi connectivity index (χ4n) is 3.92. The summed E-state index contributed by atoms with van der Waals surface area (Å²) in [6, 6.07) is 2.67. The predicted molar refractivity (Wildman–Crippen MR) is 95.4 cm³/mol. The normalized spacial score (nSPS) is 27.8. The van der Waals surface area contributed by atoms with E-state index in [4.69, 9.17) is 9.47 Å². The molecule has 1 N–H and O–H groups in total. The topological polar surface area (TPSA) is 76.1 Å². The smallest absolute Gasteiger partial charge is 0.410 e. The van der Waals surface area contributed by atoms with Crippen molar-refractivity contribution in [2.24, 2.45) is 5.92 Å². The molecule has 0 radical (unpaired) electrons. The van der Waals surface area contributed by atoms with Crippen molar-refractivity contribution >= 4 is 12.1 Å². The van der Waals surface area contributed by atoms with E-state index >= 15 is 0 Å². The SMILES string of the molecule is CC(C)(C)OC(=O)N1C[C@H](O)C[C@@H]1[C@H]1OC(=O)C[C@H]1Cc1cc(F)cc(F)c1. The third kappa shape index (κ3) is 4.79. The molecular weight excluding hydrogens is 372 g/mol. The van der Waals surface area contributed by atoms with Crippen molar-refractivity contribution in [1.29, 1.82) is 0 Å². The highest BCUT2D eigenvalue weighted by atomic mass is 19.1. The number of hydrogen-bond acceptors (Lipinski definition) is 5. The number of carbonyl (C=O) groups is 2. The molecular formula is C20H25F2NO5. The number of amides is 1. The molecule has 1 aromatic carbocycles. The number of esters is 1. The van der Waals surface area contributed by atoms with Crippen LogP contribution in [-0.2, 0) is 20.7 Å². The van der Waals surface area contributed by atoms with E-state index in [1.165, 1.54) is 17.0 Å². The molecule has 0 saturated carbocycles. The zero-order chi connectivity index (χ0) is 20.6. The van der Waals surface area contributed by atoms with Crippen LogP contribution in [0.25, 0.3) is 0 Å². The first-order valence-electron chi connectivity index (χ1n) is 9.34. The van der Waals surface area contributed by atoms with E-state index in [1.54, 1.807) is 20.8 Å². The highest BCUT2D eigenvalue weighted by Crippen LogP contribution is 2.35. The van der Waals surface area contributed by atoms with Gasteiger partial charge in [-0.05, 0) is 51.3 Å². The quantitative estimate of drug-likeness (QED) is 0.794. The minimum Gasteiger partial charge on any atom is -0.460 e. The Hall–Kier alpha value is -2.22. The molecule has 2 heterocycles. The fourth-order valence-corrected chi connectivity index (χ4v) is 3.92. The lowest BCUT2D eigenvalue weighted by atomic mass is 9.88. The summed E-state index contributed by atoms with van der Waals surface area (Å²) in [4.78, 5) is 25.9. The molecule has 3 rings (SSSR count). The van der Waals surface area contributed by atoms with Crippen LogP contribution in [0, 0.1) is 17.6 Å². The first-order valence-corrected chi connectivity index (χ1v) is 9.34. The van der Waals surface area contributed by atoms with Gasteiger partial charge >= 0.3 is 12.1 Å². The maximum absolute atomic E-state index is 13.5. The van der Waals surface area contributed by atoms with E-state index < -0.39 is 47.5 Å². The molecule has 8 heteroatoms. The van der Waals surface area contributed by atoms with Crippen molar-refractivity contribution in [3.05, 3.63) is 35.4 Å². The van der Waals surface area contributed by atoms with Crippen LogP contribution in [0.2, 0.25) is 0 Å². The van der Waals surface area contributed by atoms with Gasteiger partial charge in [-0.25, -0.2) is 13.6 Å². The molecule has 6 nitrogen and oxygen atoms in total. The number of likely N-dealkylation sites (tertiary alicyclic amines) is 1. The Labute approximate surface area is 162 Å². The van der Waals surface area contributed by atoms with Crippen molar-refractivity contribution in [2.45, 2.75) is 63.9 Å². The largest absolute Gasteiger partial charge is 0.460 e. The van der Waals surface area contributed by atoms with Gasteiger partial charge in [-0.1, -0.05) is 0 Å². The third-order valence-electron chi connectivity index (χ3n) is 4.91. The maximum Gasteiger partial charge on any atom is 0.410 e. The molecule has 1 amide bonds. The van der Waals surface area contributed by atoms with Crippen molar-refractivity contribution in [2.75, 3.05) is 6.54 Å². The van der Waals surface area contributed by atoms with Gasteiger partial charge in [0.15, 0.2) is 0 Å². The highest BCUT2D eigenvalue weighted by molar-refractivity contribution is 5.73. The molecule has 0 aromatic heterocycles. The van der Waals surface area contributed by atoms with E-state index in [0.717, 1.165) is 6.07 Å². The van der Waals surface area contributed by atoms with Gasteiger partial charge in [0.1, 0.15) is 23.3 Å². The molecule has 28 heavy (non-hydrogen) atoms. The summed E-state index contributed by atoms with van der Waals surface area (Å²) in [5, 5.41) is 10.1. The number of ether oxygens (including phenoxy) is 2. The summed E-state index contributed by atoms with van der Waals surface area (Å²) >= 11 is 0. The van der Waals surface area contributed by atoms with E-state index in [1.807, 2.05) is 0 Å². The van der Waals surface area contributed by atoms with Crippen molar-refractivity contribution in [3.8, 4) is 0 Å². The summed E-state index contributed by atoms with van der Waals surface area (Å²) in [6.07, 6.45) is -1.48. The number of β-amino-alcohol motifs (C(OH)–C–C–N with tert-alkyl or cyclic N) is 1. The van der Waals surface area contributed by atoms with Gasteiger partial charge in [-0.15, -0.1) is 0 Å². The molecule has 2 aliphatic rings. The van der Waals surface area contributed by atoms with Crippen LogP contribution >= 0.6 is 0 Å². The van der Waals surface area contributed by atoms with Gasteiger partial charge in [0.25, 0.3) is 0 Å². The molecule has 0 bridgehead atoms. The number of aliphatic hydroxyl groups excluding tert-OH is 1. The Morgan fingerprint density at radius 1 is 1.29 bits per heavy atom. The number of cyclic esters (lactones) is 1. The van der Waals surface area contributed by atoms with Crippen LogP contribution in [0.4, 0.5) is 13.6 Å². The van der Waals surface area contributed by atoms with Crippen LogP contribution in [0.15, 0.2) is 18.2 Å². The number of hydrogen-bond donors (Lipinski definition) is 1. The molecule has 2 aliphatic heterocycles. The van der Waals surface area contributed by atoms with E-state index in [-0.39, 0.29) is 31.7 Å². The average molecular weight is 397 g/mol. The molecule has 0 aliphatic carbocycles. The Balaban J connectivity index is 1.80. The fraction of sp³-hybridized carbons (Fsp3) is 0.600. The molecule has 2 saturated heterocycles. The minimum atomic E-state index is -0.760. The third-order valence-corrected chi connectivity index (χ3v) is 4.91. The molecule has 1 aromatic rings. The minimum absolute atomic E-state index is 0.0783. The number of rotatable bonds is 3. The standard InChI is InChI=1S/C20H25F2NO5/c1-20(2,3)28-19(26)23-10-15(24)9-16(23)18-12(7-17(25)27-18)4-11-5-13(21)8-14(22)6-11/h5-6,8,12,15-16,18,24H,4,7,9-10H2,1-3H3/t12-,15-,16-,18+/m1/s1. The monoisotopic (exact) mass is 397 g/mol. The van der Waals surface area contributed by atoms with Crippen molar-refractivity contribution in [1.82, 2.24) is 4.90 Å². The van der Waals surface area contributed by atoms with E-state index in [9.17, 15) is 23.5 Å². The molecule has 0 unspecified atom stereocenters. The molecule has 2 fully saturated rings. The number of nitrogens with zero attached hydrogens (tertiary/aromatic N) is 1. The molecule has 0 spiro atoms. The van der Waals surface area contributed by atoms with Gasteiger partial charge in [0.05, 0.1) is 25.1 Å². The van der Waals surface area contributed by atoms with Crippen molar-refractivity contribution in [3.63, 3.8) is 0 Å². The van der Waals surface area contributed by atoms with Crippen LogP contribution in [0.5, 0.6) is 0 Å². The summed E-state index contributed by atoms with van der Waals surface area (Å²) in [7, 11) is 0. The van der Waals surface area contributed by atoms with Crippen LogP contribution in [-0.4, -0.2) is 52.5 Å². The van der Waals surface area contributed by atoms with Gasteiger partial charge < -0.3 is 14.6 Å². The maximum atomic E-state index is 13.5. The summed E-state index contributed by atoms with van der Waals surface area (Å²) < 4.78 is 37.9. The summed E-state index contributed by atoms with van der Waals surface area (Å²) in [5.41, 5.74) is -0.298. The van der Waals surface area contributed by atoms with E-state index in [0.29, 0.717) is 5.56 Å². The second-order valence-electron chi connectivity index (χ2n) is 8.49. The zero-order valence-corrected chi connectivity index (χ0v) is 16.2. The predicted octanol–water partition coefficient (Wildman–Crippen LogP) is 2.81. The zero-order valence-electron chi connectivity index (χ0n) is 16.2. The second-order valence-corrected chi connectivity index (χ2v) is 8.49. The second kappa shape index (κ2) is 7.66. The van der Waals surface area contributed by atoms with E-state index in [2.05, 4.69) is 0 Å². The number of halogens is 2. The summed E-state index contributed by atoms with van der Waals surface area (Å²) in [5.74, 6) is -2.18. The van der Waals surface area contributed by atoms with Gasteiger partial charge in [-0.3, -0.25) is 9.69 Å². The van der Waals surface area contributed by atoms with Gasteiger partial charge in [0, 0.05) is 12.0 Å². The first kappa shape index (κ1) is 20.5. The highest BCUT2D eigenvalue weighted by Gasteiger charge is 2.48. The van der Waals surface area contributed by atoms with Crippen LogP contribution < -0.4 is 0 Å². The number of benzene rings is 1. The molecule has 154 valence electrons. The Morgan fingerprint density at radius 3 is 2.54 bits per heavy atom. The summed E-state index contributed by atoms with van der Waals surface area (Å²) in [6.45, 7) is 5.30. The van der Waals surface area contributed by atoms with Gasteiger partial charge in [-0.2, -0.15) is 0 Å². The Kier molecular flexibility index (Phi) is 5.61. The Morgan fingerprint density at radius 2 is 1.93 bits per heavy atom. The van der Waals surface area contributed by atoms with Crippen molar-refractivity contribution < 1.29 is 33.0 Å². The lowest BCUT2D eigenvalue weighted by Crippen LogP contribution is -2.47. The molecule has 4 atom stereocenters. The number of carbonyl (C=O) groups excluding carboxylic acids is 2. The number of aliphatic hydroxyl groups is 1. The first-order chi connectivity index (χ1) is 13.0. The Bertz CT molecular complexity index is 743. The lowest BCUT2D eigenvalue weighted by molar-refractivity contribution is -0.143. The average Bonchev–Trinajstić information content (AvgIpc) is 3.07. The lowest BCUT2D eigenvalue weighted by Gasteiger charge is -2.32. The van der Waals surface area contributed by atoms with Gasteiger partial charge in [0.2, 0.25) is 0 Å². The van der Waals surface area contributed by atoms with Crippen LogP contribution in [0.3, 0.4) is 0 Å².